The molecule has 0 unspecified atom stereocenters. The first-order valence-corrected chi connectivity index (χ1v) is 6.46. The number of nitrogens with zero attached hydrogens (tertiary/aromatic N) is 1. The molecule has 2 aromatic rings. The van der Waals surface area contributed by atoms with E-state index in [9.17, 15) is 15.0 Å². The van der Waals surface area contributed by atoms with Gasteiger partial charge in [0.2, 0.25) is 0 Å². The van der Waals surface area contributed by atoms with Crippen LogP contribution in [0.4, 0.5) is 0 Å². The van der Waals surface area contributed by atoms with E-state index in [2.05, 4.69) is 26.5 Å². The maximum absolute atomic E-state index is 11.7. The highest BCUT2D eigenvalue weighted by Crippen LogP contribution is 2.19. The van der Waals surface area contributed by atoms with E-state index in [0.29, 0.717) is 11.1 Å². The van der Waals surface area contributed by atoms with Crippen LogP contribution >= 0.6 is 15.9 Å². The highest BCUT2D eigenvalue weighted by Gasteiger charge is 2.04. The van der Waals surface area contributed by atoms with Gasteiger partial charge in [0.15, 0.2) is 0 Å². The fourth-order valence-corrected chi connectivity index (χ4v) is 1.88. The van der Waals surface area contributed by atoms with Crippen molar-refractivity contribution < 1.29 is 15.0 Å². The molecule has 3 N–H and O–H groups in total. The maximum atomic E-state index is 11.7. The van der Waals surface area contributed by atoms with Crippen LogP contribution in [0.25, 0.3) is 0 Å². The zero-order valence-electron chi connectivity index (χ0n) is 10.2. The molecule has 5 nitrogen and oxygen atoms in total. The number of phenolic OH excluding ortho intramolecular Hbond substituents is 2. The molecule has 0 aliphatic carbocycles. The second-order valence-corrected chi connectivity index (χ2v) is 4.87. The molecule has 1 amide bonds. The third-order valence-electron chi connectivity index (χ3n) is 2.47. The van der Waals surface area contributed by atoms with Crippen molar-refractivity contribution in [2.24, 2.45) is 5.10 Å². The number of halogens is 1. The summed E-state index contributed by atoms with van der Waals surface area (Å²) in [6.07, 6.45) is 1.33. The Morgan fingerprint density at radius 2 is 2.00 bits per heavy atom. The van der Waals surface area contributed by atoms with Crippen molar-refractivity contribution in [2.45, 2.75) is 0 Å². The van der Waals surface area contributed by atoms with E-state index >= 15 is 0 Å². The lowest BCUT2D eigenvalue weighted by Crippen LogP contribution is -2.17. The van der Waals surface area contributed by atoms with Gasteiger partial charge in [-0.3, -0.25) is 4.79 Å². The van der Waals surface area contributed by atoms with Crippen molar-refractivity contribution in [3.05, 3.63) is 58.1 Å². The first-order valence-electron chi connectivity index (χ1n) is 5.67. The standard InChI is InChI=1S/C14H11BrN2O3/c15-11-4-5-13(19)10(6-11)8-16-17-14(20)9-2-1-3-12(18)7-9/h1-8,18-19H,(H,17,20)/b16-8-. The summed E-state index contributed by atoms with van der Waals surface area (Å²) in [6, 6.07) is 10.8. The lowest BCUT2D eigenvalue weighted by molar-refractivity contribution is 0.0954. The summed E-state index contributed by atoms with van der Waals surface area (Å²) in [5.74, 6) is -0.388. The number of hydrogen-bond acceptors (Lipinski definition) is 4. The first kappa shape index (κ1) is 14.1. The maximum Gasteiger partial charge on any atom is 0.271 e. The van der Waals surface area contributed by atoms with E-state index in [4.69, 9.17) is 0 Å². The predicted octanol–water partition coefficient (Wildman–Crippen LogP) is 2.62. The number of rotatable bonds is 3. The van der Waals surface area contributed by atoms with Crippen LogP contribution in [0, 0.1) is 0 Å². The number of hydrogen-bond donors (Lipinski definition) is 3. The van der Waals surface area contributed by atoms with E-state index in [1.165, 1.54) is 24.4 Å². The third kappa shape index (κ3) is 3.58. The largest absolute Gasteiger partial charge is 0.508 e. The summed E-state index contributed by atoms with van der Waals surface area (Å²) < 4.78 is 0.788. The smallest absolute Gasteiger partial charge is 0.271 e. The van der Waals surface area contributed by atoms with Crippen molar-refractivity contribution in [2.75, 3.05) is 0 Å². The van der Waals surface area contributed by atoms with E-state index < -0.39 is 5.91 Å². The predicted molar refractivity (Wildman–Crippen MR) is 79.0 cm³/mol. The Morgan fingerprint density at radius 3 is 2.75 bits per heavy atom. The summed E-state index contributed by atoms with van der Waals surface area (Å²) in [5.41, 5.74) is 3.07. The lowest BCUT2D eigenvalue weighted by Gasteiger charge is -2.01. The van der Waals surface area contributed by atoms with Gasteiger partial charge in [-0.25, -0.2) is 5.43 Å². The van der Waals surface area contributed by atoms with Gasteiger partial charge >= 0.3 is 0 Å². The molecule has 0 heterocycles. The Hall–Kier alpha value is -2.34. The van der Waals surface area contributed by atoms with Gasteiger partial charge in [0.1, 0.15) is 11.5 Å². The van der Waals surface area contributed by atoms with E-state index in [0.717, 1.165) is 4.47 Å². The van der Waals surface area contributed by atoms with Gasteiger partial charge < -0.3 is 10.2 Å². The fourth-order valence-electron chi connectivity index (χ4n) is 1.50. The van der Waals surface area contributed by atoms with E-state index in [-0.39, 0.29) is 11.5 Å². The molecule has 0 radical (unpaired) electrons. The average molecular weight is 335 g/mol. The van der Waals surface area contributed by atoms with Crippen LogP contribution < -0.4 is 5.43 Å². The molecule has 0 aromatic heterocycles. The monoisotopic (exact) mass is 334 g/mol. The Labute approximate surface area is 123 Å². The molecule has 0 spiro atoms. The number of phenols is 2. The van der Waals surface area contributed by atoms with Crippen LogP contribution in [0.15, 0.2) is 52.0 Å². The summed E-state index contributed by atoms with van der Waals surface area (Å²) in [5, 5.41) is 22.6. The van der Waals surface area contributed by atoms with Gasteiger partial charge in [0, 0.05) is 15.6 Å². The number of benzene rings is 2. The summed E-state index contributed by atoms with van der Waals surface area (Å²) in [6.45, 7) is 0. The minimum atomic E-state index is -0.452. The second-order valence-electron chi connectivity index (χ2n) is 3.95. The highest BCUT2D eigenvalue weighted by molar-refractivity contribution is 9.10. The van der Waals surface area contributed by atoms with Crippen molar-refractivity contribution >= 4 is 28.1 Å². The molecule has 6 heteroatoms. The van der Waals surface area contributed by atoms with Gasteiger partial charge in [-0.05, 0) is 36.4 Å². The highest BCUT2D eigenvalue weighted by atomic mass is 79.9. The zero-order chi connectivity index (χ0) is 14.5. The molecule has 2 aromatic carbocycles. The van der Waals surface area contributed by atoms with Gasteiger partial charge in [0.05, 0.1) is 6.21 Å². The van der Waals surface area contributed by atoms with Crippen LogP contribution in [0.5, 0.6) is 11.5 Å². The molecule has 0 aliphatic rings. The van der Waals surface area contributed by atoms with Crippen LogP contribution in [-0.2, 0) is 0 Å². The molecule has 102 valence electrons. The second kappa shape index (κ2) is 6.21. The van der Waals surface area contributed by atoms with Crippen LogP contribution in [-0.4, -0.2) is 22.3 Å². The minimum Gasteiger partial charge on any atom is -0.508 e. The molecular formula is C14H11BrN2O3. The van der Waals surface area contributed by atoms with Crippen LogP contribution in [0.2, 0.25) is 0 Å². The van der Waals surface area contributed by atoms with E-state index in [1.807, 2.05) is 0 Å². The van der Waals surface area contributed by atoms with E-state index in [1.54, 1.807) is 24.3 Å². The van der Waals surface area contributed by atoms with Gasteiger partial charge in [-0.1, -0.05) is 22.0 Å². The molecule has 20 heavy (non-hydrogen) atoms. The molecule has 0 bridgehead atoms. The topological polar surface area (TPSA) is 81.9 Å². The first-order chi connectivity index (χ1) is 9.56. The Bertz CT molecular complexity index is 671. The van der Waals surface area contributed by atoms with Crippen molar-refractivity contribution in [1.29, 1.82) is 0 Å². The molecule has 0 saturated carbocycles. The number of amides is 1. The molecule has 0 fully saturated rings. The molecule has 0 atom stereocenters. The van der Waals surface area contributed by atoms with Crippen LogP contribution in [0.3, 0.4) is 0 Å². The van der Waals surface area contributed by atoms with Gasteiger partial charge in [-0.2, -0.15) is 5.10 Å². The van der Waals surface area contributed by atoms with Gasteiger partial charge in [0.25, 0.3) is 5.91 Å². The van der Waals surface area contributed by atoms with Crippen molar-refractivity contribution in [1.82, 2.24) is 5.43 Å². The molecule has 0 aliphatic heterocycles. The normalized spacial score (nSPS) is 10.7. The van der Waals surface area contributed by atoms with Crippen molar-refractivity contribution in [3.8, 4) is 11.5 Å². The number of carbonyl (C=O) groups excluding carboxylic acids is 1. The zero-order valence-corrected chi connectivity index (χ0v) is 11.8. The summed E-state index contributed by atoms with van der Waals surface area (Å²) in [7, 11) is 0. The minimum absolute atomic E-state index is 0.00580. The van der Waals surface area contributed by atoms with Crippen LogP contribution in [0.1, 0.15) is 15.9 Å². The quantitative estimate of drug-likeness (QED) is 0.596. The molecule has 0 saturated heterocycles. The Balaban J connectivity index is 2.06. The number of carbonyl (C=O) groups is 1. The number of hydrazone groups is 1. The molecule has 2 rings (SSSR count). The SMILES string of the molecule is O=C(N/N=C\c1cc(Br)ccc1O)c1cccc(O)c1. The lowest BCUT2D eigenvalue weighted by atomic mass is 10.2. The third-order valence-corrected chi connectivity index (χ3v) is 2.96. The fraction of sp³-hybridized carbons (Fsp3) is 0. The average Bonchev–Trinajstić information content (AvgIpc) is 2.42. The molecular weight excluding hydrogens is 324 g/mol. The van der Waals surface area contributed by atoms with Crippen molar-refractivity contribution in [3.63, 3.8) is 0 Å². The Morgan fingerprint density at radius 1 is 1.20 bits per heavy atom. The summed E-state index contributed by atoms with van der Waals surface area (Å²) >= 11 is 3.27. The van der Waals surface area contributed by atoms with Gasteiger partial charge in [-0.15, -0.1) is 0 Å². The summed E-state index contributed by atoms with van der Waals surface area (Å²) in [4.78, 5) is 11.7. The Kier molecular flexibility index (Phi) is 4.37. The number of nitrogens with one attached hydrogen (secondary N) is 1. The number of aromatic hydroxyl groups is 2.